The van der Waals surface area contributed by atoms with Gasteiger partial charge in [-0.3, -0.25) is 0 Å². The molecule has 0 atom stereocenters. The quantitative estimate of drug-likeness (QED) is 0.172. The Balaban J connectivity index is 1.26. The highest BCUT2D eigenvalue weighted by Gasteiger charge is 2.53. The highest BCUT2D eigenvalue weighted by molar-refractivity contribution is 5.90. The average molecular weight is 651 g/mol. The molecule has 0 bridgehead atoms. The van der Waals surface area contributed by atoms with Gasteiger partial charge in [0.15, 0.2) is 5.60 Å². The van der Waals surface area contributed by atoms with Crippen LogP contribution in [0.15, 0.2) is 152 Å². The monoisotopic (exact) mass is 650 g/mol. The minimum absolute atomic E-state index is 0.814. The van der Waals surface area contributed by atoms with Crippen molar-refractivity contribution in [1.29, 1.82) is 0 Å². The van der Waals surface area contributed by atoms with E-state index in [-0.39, 0.29) is 0 Å². The molecular weight excluding hydrogens is 613 g/mol. The van der Waals surface area contributed by atoms with Crippen molar-refractivity contribution in [3.05, 3.63) is 185 Å². The molecule has 9 rings (SSSR count). The van der Waals surface area contributed by atoms with E-state index in [1.54, 1.807) is 0 Å². The molecule has 0 unspecified atom stereocenters. The molecule has 244 valence electrons. The van der Waals surface area contributed by atoms with E-state index in [1.165, 1.54) is 22.3 Å². The second-order valence-corrected chi connectivity index (χ2v) is 13.5. The molecule has 5 nitrogen and oxygen atoms in total. The molecule has 7 aromatic rings. The van der Waals surface area contributed by atoms with Crippen LogP contribution >= 0.6 is 0 Å². The van der Waals surface area contributed by atoms with E-state index in [1.807, 2.05) is 6.07 Å². The molecule has 0 radical (unpaired) electrons. The lowest BCUT2D eigenvalue weighted by Gasteiger charge is -2.38. The number of rotatable bonds is 7. The number of nitrogens with zero attached hydrogens (tertiary/aromatic N) is 4. The van der Waals surface area contributed by atoms with Gasteiger partial charge in [-0.25, -0.2) is 4.68 Å². The van der Waals surface area contributed by atoms with E-state index in [0.29, 0.717) is 0 Å². The maximum atomic E-state index is 7.40. The number of para-hydroxylation sites is 2. The predicted octanol–water partition coefficient (Wildman–Crippen LogP) is 9.79. The minimum Gasteiger partial charge on any atom is -0.472 e. The van der Waals surface area contributed by atoms with E-state index >= 15 is 0 Å². The SMILES string of the molecule is Cc1nn(-c2ccccc2)c2c1C1(Oc3ccccc3-2)c2ccc(N(C)Cc3ccccc3)cc2-c2cc(N(C)Cc3ccccc3)ccc21. The van der Waals surface area contributed by atoms with Gasteiger partial charge < -0.3 is 14.5 Å². The fraction of sp³-hybridized carbons (Fsp3) is 0.133. The summed E-state index contributed by atoms with van der Waals surface area (Å²) in [5.41, 5.74) is 13.8. The van der Waals surface area contributed by atoms with E-state index in [4.69, 9.17) is 9.84 Å². The molecule has 2 aliphatic rings. The van der Waals surface area contributed by atoms with Gasteiger partial charge in [0.25, 0.3) is 0 Å². The normalized spacial score (nSPS) is 13.2. The molecule has 6 aromatic carbocycles. The van der Waals surface area contributed by atoms with Gasteiger partial charge in [-0.05, 0) is 77.7 Å². The van der Waals surface area contributed by atoms with Gasteiger partial charge in [0, 0.05) is 55.2 Å². The maximum Gasteiger partial charge on any atom is 0.189 e. The standard InChI is InChI=1S/C45H38N4O/c1-31-43-44(49(46-31)34-19-11-6-12-20-34)37-21-13-14-22-42(37)50-45(43)40-25-23-35(47(2)29-32-15-7-4-8-16-32)27-38(40)39-28-36(24-26-41(39)45)48(3)30-33-17-9-5-10-18-33/h4-28H,29-30H2,1-3H3. The maximum absolute atomic E-state index is 7.40. The third-order valence-corrected chi connectivity index (χ3v) is 10.3. The van der Waals surface area contributed by atoms with Crippen molar-refractivity contribution in [2.75, 3.05) is 23.9 Å². The van der Waals surface area contributed by atoms with Gasteiger partial charge >= 0.3 is 0 Å². The summed E-state index contributed by atoms with van der Waals surface area (Å²) in [5, 5.41) is 5.23. The first-order valence-corrected chi connectivity index (χ1v) is 17.2. The number of hydrogen-bond acceptors (Lipinski definition) is 4. The largest absolute Gasteiger partial charge is 0.472 e. The van der Waals surface area contributed by atoms with Gasteiger partial charge in [0.1, 0.15) is 5.75 Å². The number of benzene rings is 6. The fourth-order valence-corrected chi connectivity index (χ4v) is 7.94. The Morgan fingerprint density at radius 2 is 1.08 bits per heavy atom. The van der Waals surface area contributed by atoms with Crippen LogP contribution in [0, 0.1) is 6.92 Å². The summed E-state index contributed by atoms with van der Waals surface area (Å²) in [4.78, 5) is 4.65. The van der Waals surface area contributed by atoms with Gasteiger partial charge in [0.2, 0.25) is 0 Å². The summed E-state index contributed by atoms with van der Waals surface area (Å²) in [5.74, 6) is 0.853. The Labute approximate surface area is 293 Å². The van der Waals surface area contributed by atoms with E-state index < -0.39 is 5.60 Å². The molecule has 0 N–H and O–H groups in total. The van der Waals surface area contributed by atoms with Gasteiger partial charge in [-0.15, -0.1) is 0 Å². The molecule has 1 aliphatic heterocycles. The zero-order valence-corrected chi connectivity index (χ0v) is 28.5. The van der Waals surface area contributed by atoms with Crippen molar-refractivity contribution in [3.8, 4) is 33.8 Å². The van der Waals surface area contributed by atoms with Gasteiger partial charge in [-0.1, -0.05) is 103 Å². The molecule has 0 saturated carbocycles. The summed E-state index contributed by atoms with van der Waals surface area (Å²) < 4.78 is 9.51. The van der Waals surface area contributed by atoms with Crippen LogP contribution < -0.4 is 14.5 Å². The first-order chi connectivity index (χ1) is 24.5. The van der Waals surface area contributed by atoms with Crippen molar-refractivity contribution < 1.29 is 4.74 Å². The zero-order valence-electron chi connectivity index (χ0n) is 28.5. The number of hydrogen-bond donors (Lipinski definition) is 0. The van der Waals surface area contributed by atoms with E-state index in [0.717, 1.165) is 69.5 Å². The van der Waals surface area contributed by atoms with Crippen LogP contribution in [0.5, 0.6) is 5.75 Å². The second kappa shape index (κ2) is 11.8. The molecule has 0 saturated heterocycles. The number of fused-ring (bicyclic) bond motifs is 9. The predicted molar refractivity (Wildman–Crippen MR) is 203 cm³/mol. The smallest absolute Gasteiger partial charge is 0.189 e. The van der Waals surface area contributed by atoms with Gasteiger partial charge in [0.05, 0.1) is 22.6 Å². The molecular formula is C45H38N4O. The lowest BCUT2D eigenvalue weighted by molar-refractivity contribution is 0.156. The molecule has 5 heteroatoms. The highest BCUT2D eigenvalue weighted by Crippen LogP contribution is 2.60. The molecule has 0 fully saturated rings. The van der Waals surface area contributed by atoms with Crippen molar-refractivity contribution in [1.82, 2.24) is 9.78 Å². The first kappa shape index (κ1) is 30.0. The lowest BCUT2D eigenvalue weighted by Crippen LogP contribution is -2.37. The lowest BCUT2D eigenvalue weighted by atomic mass is 9.79. The second-order valence-electron chi connectivity index (χ2n) is 13.5. The van der Waals surface area contributed by atoms with Crippen molar-refractivity contribution in [2.45, 2.75) is 25.6 Å². The average Bonchev–Trinajstić information content (AvgIpc) is 3.65. The van der Waals surface area contributed by atoms with Crippen LogP contribution in [0.4, 0.5) is 11.4 Å². The van der Waals surface area contributed by atoms with Gasteiger partial charge in [-0.2, -0.15) is 5.10 Å². The van der Waals surface area contributed by atoms with Crippen LogP contribution in [0.25, 0.3) is 28.1 Å². The van der Waals surface area contributed by atoms with Crippen LogP contribution in [0.2, 0.25) is 0 Å². The van der Waals surface area contributed by atoms with Crippen molar-refractivity contribution in [2.24, 2.45) is 0 Å². The van der Waals surface area contributed by atoms with Crippen LogP contribution in [-0.2, 0) is 18.7 Å². The summed E-state index contributed by atoms with van der Waals surface area (Å²) in [6.07, 6.45) is 0. The Bertz CT molecular complexity index is 2250. The number of aromatic nitrogens is 2. The van der Waals surface area contributed by atoms with E-state index in [2.05, 4.69) is 181 Å². The highest BCUT2D eigenvalue weighted by atomic mass is 16.5. The summed E-state index contributed by atoms with van der Waals surface area (Å²) in [7, 11) is 4.34. The molecule has 1 aromatic heterocycles. The summed E-state index contributed by atoms with van der Waals surface area (Å²) in [6, 6.07) is 53.9. The Morgan fingerprint density at radius 3 is 1.64 bits per heavy atom. The van der Waals surface area contributed by atoms with Crippen molar-refractivity contribution >= 4 is 11.4 Å². The first-order valence-electron chi connectivity index (χ1n) is 17.2. The van der Waals surface area contributed by atoms with Crippen LogP contribution in [-0.4, -0.2) is 23.9 Å². The molecule has 0 amide bonds. The van der Waals surface area contributed by atoms with E-state index in [9.17, 15) is 0 Å². The Kier molecular flexibility index (Phi) is 7.09. The molecule has 1 aliphatic carbocycles. The molecule has 1 spiro atoms. The Morgan fingerprint density at radius 1 is 0.580 bits per heavy atom. The topological polar surface area (TPSA) is 33.5 Å². The molecule has 2 heterocycles. The molecule has 50 heavy (non-hydrogen) atoms. The van der Waals surface area contributed by atoms with Crippen molar-refractivity contribution in [3.63, 3.8) is 0 Å². The third kappa shape index (κ3) is 4.72. The zero-order chi connectivity index (χ0) is 33.8. The van der Waals surface area contributed by atoms with Crippen LogP contribution in [0.1, 0.15) is 33.5 Å². The summed E-state index contributed by atoms with van der Waals surface area (Å²) in [6.45, 7) is 3.75. The number of anilines is 2. The number of aryl methyl sites for hydroxylation is 1. The fourth-order valence-electron chi connectivity index (χ4n) is 7.94. The Hall–Kier alpha value is -6.07. The minimum atomic E-state index is -0.876. The van der Waals surface area contributed by atoms with Crippen LogP contribution in [0.3, 0.4) is 0 Å². The summed E-state index contributed by atoms with van der Waals surface area (Å²) >= 11 is 0. The third-order valence-electron chi connectivity index (χ3n) is 10.3. The number of ether oxygens (including phenoxy) is 1.